The van der Waals surface area contributed by atoms with Crippen LogP contribution in [0.5, 0.6) is 0 Å². The number of hydrogen-bond acceptors (Lipinski definition) is 4. The van der Waals surface area contributed by atoms with Crippen LogP contribution in [-0.2, 0) is 20.7 Å². The van der Waals surface area contributed by atoms with Crippen LogP contribution in [-0.4, -0.2) is 37.4 Å². The van der Waals surface area contributed by atoms with Crippen molar-refractivity contribution in [2.45, 2.75) is 19.3 Å². The molecule has 0 radical (unpaired) electrons. The van der Waals surface area contributed by atoms with E-state index in [1.54, 1.807) is 18.2 Å². The predicted molar refractivity (Wildman–Crippen MR) is 97.0 cm³/mol. The largest absolute Gasteiger partial charge is 0.478 e. The van der Waals surface area contributed by atoms with Gasteiger partial charge in [0, 0.05) is 13.2 Å². The highest BCUT2D eigenvalue weighted by atomic mass is 16.5. The highest BCUT2D eigenvalue weighted by molar-refractivity contribution is 5.89. The fourth-order valence-corrected chi connectivity index (χ4v) is 3.57. The van der Waals surface area contributed by atoms with Crippen molar-refractivity contribution in [2.24, 2.45) is 5.41 Å². The summed E-state index contributed by atoms with van der Waals surface area (Å²) in [7, 11) is 1.42. The van der Waals surface area contributed by atoms with E-state index in [1.165, 1.54) is 7.11 Å². The molecule has 5 nitrogen and oxygen atoms in total. The number of hydrogen-bond donors (Lipinski definition) is 1. The molecule has 1 fully saturated rings. The molecule has 1 N–H and O–H groups in total. The van der Waals surface area contributed by atoms with Gasteiger partial charge in [-0.25, -0.2) is 4.79 Å². The monoisotopic (exact) mass is 354 g/mol. The van der Waals surface area contributed by atoms with Crippen LogP contribution in [0, 0.1) is 5.41 Å². The number of benzene rings is 2. The molecule has 5 heteroatoms. The van der Waals surface area contributed by atoms with Gasteiger partial charge in [-0.15, -0.1) is 0 Å². The van der Waals surface area contributed by atoms with Gasteiger partial charge in [0.15, 0.2) is 0 Å². The van der Waals surface area contributed by atoms with Crippen LogP contribution in [0.4, 0.5) is 0 Å². The predicted octanol–water partition coefficient (Wildman–Crippen LogP) is 3.56. The number of methoxy groups -OCH3 is 1. The van der Waals surface area contributed by atoms with Gasteiger partial charge in [-0.1, -0.05) is 36.4 Å². The molecule has 3 rings (SSSR count). The molecule has 0 unspecified atom stereocenters. The van der Waals surface area contributed by atoms with E-state index in [1.807, 2.05) is 30.3 Å². The van der Waals surface area contributed by atoms with E-state index in [9.17, 15) is 14.7 Å². The summed E-state index contributed by atoms with van der Waals surface area (Å²) in [5.74, 6) is -1.17. The van der Waals surface area contributed by atoms with Gasteiger partial charge in [-0.2, -0.15) is 0 Å². The number of aromatic carboxylic acids is 1. The van der Waals surface area contributed by atoms with Crippen LogP contribution in [0.15, 0.2) is 48.5 Å². The Kier molecular flexibility index (Phi) is 5.38. The number of ether oxygens (including phenoxy) is 2. The summed E-state index contributed by atoms with van der Waals surface area (Å²) >= 11 is 0. The summed E-state index contributed by atoms with van der Waals surface area (Å²) in [6.07, 6.45) is 1.77. The lowest BCUT2D eigenvalue weighted by atomic mass is 9.74. The summed E-state index contributed by atoms with van der Waals surface area (Å²) in [4.78, 5) is 23.8. The van der Waals surface area contributed by atoms with Crippen molar-refractivity contribution < 1.29 is 24.2 Å². The minimum absolute atomic E-state index is 0.213. The standard InChI is InChI=1S/C21H22O5/c1-25-20(24)21(9-11-26-12-10-21)14-17-5-2-3-8-18(17)15-6-4-7-16(13-15)19(22)23/h2-8,13H,9-12,14H2,1H3,(H,22,23). The second kappa shape index (κ2) is 7.70. The van der Waals surface area contributed by atoms with Gasteiger partial charge in [-0.3, -0.25) is 4.79 Å². The van der Waals surface area contributed by atoms with Crippen LogP contribution in [0.2, 0.25) is 0 Å². The molecule has 1 heterocycles. The number of carbonyl (C=O) groups is 2. The second-order valence-corrected chi connectivity index (χ2v) is 6.60. The van der Waals surface area contributed by atoms with Crippen LogP contribution >= 0.6 is 0 Å². The average molecular weight is 354 g/mol. The van der Waals surface area contributed by atoms with E-state index in [0.29, 0.717) is 32.5 Å². The maximum absolute atomic E-state index is 12.5. The first-order chi connectivity index (χ1) is 12.6. The van der Waals surface area contributed by atoms with Crippen LogP contribution in [0.1, 0.15) is 28.8 Å². The van der Waals surface area contributed by atoms with Crippen LogP contribution in [0.3, 0.4) is 0 Å². The van der Waals surface area contributed by atoms with Crippen LogP contribution in [0.25, 0.3) is 11.1 Å². The van der Waals surface area contributed by atoms with E-state index >= 15 is 0 Å². The van der Waals surface area contributed by atoms with Crippen molar-refractivity contribution in [1.82, 2.24) is 0 Å². The van der Waals surface area contributed by atoms with E-state index in [-0.39, 0.29) is 11.5 Å². The van der Waals surface area contributed by atoms with Gasteiger partial charge in [0.25, 0.3) is 0 Å². The topological polar surface area (TPSA) is 72.8 Å². The number of rotatable bonds is 5. The van der Waals surface area contributed by atoms with E-state index in [2.05, 4.69) is 0 Å². The first-order valence-corrected chi connectivity index (χ1v) is 8.63. The normalized spacial score (nSPS) is 16.0. The Bertz CT molecular complexity index is 806. The second-order valence-electron chi connectivity index (χ2n) is 6.60. The Labute approximate surface area is 152 Å². The molecule has 26 heavy (non-hydrogen) atoms. The molecule has 1 aliphatic rings. The van der Waals surface area contributed by atoms with Gasteiger partial charge in [0.05, 0.1) is 18.1 Å². The number of esters is 1. The minimum atomic E-state index is -0.959. The summed E-state index contributed by atoms with van der Waals surface area (Å²) in [6, 6.07) is 14.7. The van der Waals surface area contributed by atoms with Crippen LogP contribution < -0.4 is 0 Å². The number of carboxylic acid groups (broad SMARTS) is 1. The zero-order chi connectivity index (χ0) is 18.6. The Morgan fingerprint density at radius 2 is 1.85 bits per heavy atom. The number of carboxylic acids is 1. The van der Waals surface area contributed by atoms with Crippen molar-refractivity contribution in [1.29, 1.82) is 0 Å². The molecule has 2 aromatic carbocycles. The number of carbonyl (C=O) groups excluding carboxylic acids is 1. The van der Waals surface area contributed by atoms with Gasteiger partial charge in [0.1, 0.15) is 0 Å². The van der Waals surface area contributed by atoms with Gasteiger partial charge in [0.2, 0.25) is 0 Å². The zero-order valence-electron chi connectivity index (χ0n) is 14.7. The Morgan fingerprint density at radius 3 is 2.54 bits per heavy atom. The lowest BCUT2D eigenvalue weighted by molar-refractivity contribution is -0.158. The smallest absolute Gasteiger partial charge is 0.335 e. The van der Waals surface area contributed by atoms with Crippen molar-refractivity contribution in [3.05, 3.63) is 59.7 Å². The molecule has 0 aromatic heterocycles. The molecule has 1 aliphatic heterocycles. The fraction of sp³-hybridized carbons (Fsp3) is 0.333. The highest BCUT2D eigenvalue weighted by Crippen LogP contribution is 2.38. The zero-order valence-corrected chi connectivity index (χ0v) is 14.7. The highest BCUT2D eigenvalue weighted by Gasteiger charge is 2.41. The average Bonchev–Trinajstić information content (AvgIpc) is 2.68. The molecular formula is C21H22O5. The van der Waals surface area contributed by atoms with Crippen molar-refractivity contribution in [3.8, 4) is 11.1 Å². The van der Waals surface area contributed by atoms with E-state index in [0.717, 1.165) is 16.7 Å². The maximum Gasteiger partial charge on any atom is 0.335 e. The molecule has 0 bridgehead atoms. The minimum Gasteiger partial charge on any atom is -0.478 e. The Hall–Kier alpha value is -2.66. The quantitative estimate of drug-likeness (QED) is 0.831. The summed E-state index contributed by atoms with van der Waals surface area (Å²) in [5.41, 5.74) is 2.40. The van der Waals surface area contributed by atoms with Gasteiger partial charge in [-0.05, 0) is 48.1 Å². The first kappa shape index (κ1) is 18.1. The van der Waals surface area contributed by atoms with Crippen molar-refractivity contribution in [2.75, 3.05) is 20.3 Å². The third-order valence-electron chi connectivity index (χ3n) is 5.04. The third-order valence-corrected chi connectivity index (χ3v) is 5.04. The molecular weight excluding hydrogens is 332 g/mol. The summed E-state index contributed by atoms with van der Waals surface area (Å²) in [6.45, 7) is 1.07. The first-order valence-electron chi connectivity index (χ1n) is 8.63. The molecule has 0 spiro atoms. The van der Waals surface area contributed by atoms with E-state index in [4.69, 9.17) is 9.47 Å². The fourth-order valence-electron chi connectivity index (χ4n) is 3.57. The van der Waals surface area contributed by atoms with Gasteiger partial charge >= 0.3 is 11.9 Å². The maximum atomic E-state index is 12.5. The van der Waals surface area contributed by atoms with Gasteiger partial charge < -0.3 is 14.6 Å². The molecule has 0 saturated carbocycles. The van der Waals surface area contributed by atoms with E-state index < -0.39 is 11.4 Å². The Morgan fingerprint density at radius 1 is 1.12 bits per heavy atom. The summed E-state index contributed by atoms with van der Waals surface area (Å²) < 4.78 is 10.5. The van der Waals surface area contributed by atoms with Crippen molar-refractivity contribution in [3.63, 3.8) is 0 Å². The molecule has 1 saturated heterocycles. The molecule has 0 atom stereocenters. The molecule has 2 aromatic rings. The lowest BCUT2D eigenvalue weighted by Gasteiger charge is -2.35. The van der Waals surface area contributed by atoms with Crippen molar-refractivity contribution >= 4 is 11.9 Å². The Balaban J connectivity index is 2.00. The SMILES string of the molecule is COC(=O)C1(Cc2ccccc2-c2cccc(C(=O)O)c2)CCOCC1. The third kappa shape index (κ3) is 3.63. The molecule has 136 valence electrons. The lowest BCUT2D eigenvalue weighted by Crippen LogP contribution is -2.40. The molecule has 0 aliphatic carbocycles. The molecule has 0 amide bonds. The summed E-state index contributed by atoms with van der Waals surface area (Å²) in [5, 5.41) is 9.26.